The number of hydrogen-bond donors (Lipinski definition) is 1. The molecule has 3 aromatic rings. The van der Waals surface area contributed by atoms with Crippen molar-refractivity contribution in [3.63, 3.8) is 0 Å². The van der Waals surface area contributed by atoms with Crippen LogP contribution < -0.4 is 5.32 Å². The van der Waals surface area contributed by atoms with Gasteiger partial charge in [0.15, 0.2) is 17.5 Å². The molecule has 1 amide bonds. The molecule has 0 aliphatic heterocycles. The van der Waals surface area contributed by atoms with Crippen LogP contribution in [0.25, 0.3) is 6.08 Å². The molecule has 0 bridgehead atoms. The Morgan fingerprint density at radius 2 is 1.72 bits per heavy atom. The molecule has 0 aliphatic rings. The van der Waals surface area contributed by atoms with Crippen LogP contribution in [0.15, 0.2) is 42.5 Å². The third kappa shape index (κ3) is 4.56. The second-order valence-corrected chi connectivity index (χ2v) is 6.77. The summed E-state index contributed by atoms with van der Waals surface area (Å²) in [6.07, 6.45) is 2.77. The van der Waals surface area contributed by atoms with Crippen molar-refractivity contribution in [2.45, 2.75) is 27.3 Å². The molecule has 0 radical (unpaired) electrons. The van der Waals surface area contributed by atoms with Crippen LogP contribution in [0.4, 0.5) is 18.9 Å². The van der Waals surface area contributed by atoms with E-state index in [9.17, 15) is 18.0 Å². The fourth-order valence-electron chi connectivity index (χ4n) is 2.93. The third-order valence-electron chi connectivity index (χ3n) is 4.58. The van der Waals surface area contributed by atoms with E-state index >= 15 is 0 Å². The molecule has 4 nitrogen and oxygen atoms in total. The number of aromatic nitrogens is 2. The Morgan fingerprint density at radius 3 is 2.41 bits per heavy atom. The van der Waals surface area contributed by atoms with Crippen LogP contribution in [0, 0.1) is 38.2 Å². The summed E-state index contributed by atoms with van der Waals surface area (Å²) in [4.78, 5) is 12.1. The molecule has 1 heterocycles. The normalized spacial score (nSPS) is 11.2. The molecule has 0 unspecified atom stereocenters. The van der Waals surface area contributed by atoms with Crippen molar-refractivity contribution in [2.24, 2.45) is 0 Å². The molecule has 1 N–H and O–H groups in total. The quantitative estimate of drug-likeness (QED) is 0.489. The number of rotatable bonds is 5. The van der Waals surface area contributed by atoms with E-state index in [1.54, 1.807) is 6.08 Å². The first-order valence-electron chi connectivity index (χ1n) is 8.98. The van der Waals surface area contributed by atoms with Gasteiger partial charge in [0, 0.05) is 17.3 Å². The van der Waals surface area contributed by atoms with Crippen molar-refractivity contribution in [1.29, 1.82) is 0 Å². The summed E-state index contributed by atoms with van der Waals surface area (Å²) < 4.78 is 41.8. The van der Waals surface area contributed by atoms with Gasteiger partial charge in [-0.3, -0.25) is 9.48 Å². The summed E-state index contributed by atoms with van der Waals surface area (Å²) in [5.74, 6) is -5.05. The van der Waals surface area contributed by atoms with Gasteiger partial charge >= 0.3 is 0 Å². The number of hydrogen-bond acceptors (Lipinski definition) is 2. The number of carbonyl (C=O) groups is 1. The minimum absolute atomic E-state index is 0.429. The van der Waals surface area contributed by atoms with Crippen LogP contribution in [-0.2, 0) is 11.3 Å². The minimum Gasteiger partial charge on any atom is -0.320 e. The lowest BCUT2D eigenvalue weighted by Crippen LogP contribution is -2.10. The van der Waals surface area contributed by atoms with Crippen molar-refractivity contribution >= 4 is 17.7 Å². The van der Waals surface area contributed by atoms with E-state index in [4.69, 9.17) is 0 Å². The average molecular weight is 399 g/mol. The maximum Gasteiger partial charge on any atom is 0.248 e. The van der Waals surface area contributed by atoms with Crippen molar-refractivity contribution in [3.05, 3.63) is 88.0 Å². The number of amides is 1. The van der Waals surface area contributed by atoms with Gasteiger partial charge in [-0.05, 0) is 44.5 Å². The van der Waals surface area contributed by atoms with Gasteiger partial charge in [-0.15, -0.1) is 0 Å². The maximum atomic E-state index is 13.7. The number of nitrogens with zero attached hydrogens (tertiary/aromatic N) is 2. The van der Waals surface area contributed by atoms with Crippen molar-refractivity contribution in [2.75, 3.05) is 5.32 Å². The molecule has 0 saturated heterocycles. The van der Waals surface area contributed by atoms with E-state index in [0.29, 0.717) is 6.54 Å². The molecule has 3 rings (SSSR count). The zero-order chi connectivity index (χ0) is 21.1. The van der Waals surface area contributed by atoms with Gasteiger partial charge in [-0.1, -0.05) is 29.8 Å². The molecule has 0 atom stereocenters. The first-order chi connectivity index (χ1) is 13.8. The lowest BCUT2D eigenvalue weighted by Gasteiger charge is -2.06. The van der Waals surface area contributed by atoms with Crippen LogP contribution in [0.1, 0.15) is 28.1 Å². The van der Waals surface area contributed by atoms with E-state index in [0.717, 1.165) is 34.6 Å². The van der Waals surface area contributed by atoms with Gasteiger partial charge < -0.3 is 5.32 Å². The van der Waals surface area contributed by atoms with Crippen LogP contribution in [0.3, 0.4) is 0 Å². The van der Waals surface area contributed by atoms with E-state index in [2.05, 4.69) is 10.4 Å². The molecule has 2 aromatic carbocycles. The first-order valence-corrected chi connectivity index (χ1v) is 8.98. The van der Waals surface area contributed by atoms with Crippen LogP contribution in [-0.4, -0.2) is 15.7 Å². The fourth-order valence-corrected chi connectivity index (χ4v) is 2.93. The Labute approximate surface area is 166 Å². The zero-order valence-corrected chi connectivity index (χ0v) is 16.3. The Balaban J connectivity index is 1.75. The van der Waals surface area contributed by atoms with Gasteiger partial charge in [0.25, 0.3) is 0 Å². The lowest BCUT2D eigenvalue weighted by atomic mass is 10.1. The molecule has 1 aromatic heterocycles. The highest BCUT2D eigenvalue weighted by Crippen LogP contribution is 2.20. The predicted molar refractivity (Wildman–Crippen MR) is 106 cm³/mol. The average Bonchev–Trinajstić information content (AvgIpc) is 2.95. The standard InChI is InChI=1S/C22H20F3N3O/c1-13-4-6-16(7-5-13)12-28-15(3)17(14(2)27-28)8-11-20(29)26-19-10-9-18(23)21(24)22(19)25/h4-11H,12H2,1-3H3,(H,26,29)/b11-8-. The van der Waals surface area contributed by atoms with Gasteiger partial charge in [-0.25, -0.2) is 13.2 Å². The summed E-state index contributed by atoms with van der Waals surface area (Å²) in [6, 6.07) is 9.85. The summed E-state index contributed by atoms with van der Waals surface area (Å²) in [5.41, 5.74) is 4.21. The van der Waals surface area contributed by atoms with E-state index in [1.165, 1.54) is 11.6 Å². The van der Waals surface area contributed by atoms with Gasteiger partial charge in [0.1, 0.15) is 0 Å². The number of nitrogens with one attached hydrogen (secondary N) is 1. The number of carbonyl (C=O) groups excluding carboxylic acids is 1. The number of halogens is 3. The minimum atomic E-state index is -1.63. The van der Waals surface area contributed by atoms with Crippen LogP contribution in [0.5, 0.6) is 0 Å². The number of aryl methyl sites for hydroxylation is 2. The molecular weight excluding hydrogens is 379 g/mol. The van der Waals surface area contributed by atoms with E-state index in [-0.39, 0.29) is 0 Å². The molecule has 0 saturated carbocycles. The Bertz CT molecular complexity index is 1090. The van der Waals surface area contributed by atoms with Gasteiger partial charge in [-0.2, -0.15) is 5.10 Å². The number of benzene rings is 2. The molecule has 150 valence electrons. The monoisotopic (exact) mass is 399 g/mol. The van der Waals surface area contributed by atoms with Crippen LogP contribution >= 0.6 is 0 Å². The Hall–Kier alpha value is -3.35. The largest absolute Gasteiger partial charge is 0.320 e. The van der Waals surface area contributed by atoms with Crippen molar-refractivity contribution in [1.82, 2.24) is 9.78 Å². The highest BCUT2D eigenvalue weighted by atomic mass is 19.2. The fraction of sp³-hybridized carbons (Fsp3) is 0.182. The highest BCUT2D eigenvalue weighted by molar-refractivity contribution is 6.02. The summed E-state index contributed by atoms with van der Waals surface area (Å²) in [5, 5.41) is 6.71. The molecular formula is C22H20F3N3O. The Morgan fingerprint density at radius 1 is 1.03 bits per heavy atom. The SMILES string of the molecule is Cc1ccc(Cn2nc(C)c(/C=C\C(=O)Nc3ccc(F)c(F)c3F)c2C)cc1. The molecule has 0 spiro atoms. The maximum absolute atomic E-state index is 13.7. The predicted octanol–water partition coefficient (Wildman–Crippen LogP) is 4.93. The van der Waals surface area contributed by atoms with E-state index < -0.39 is 29.0 Å². The highest BCUT2D eigenvalue weighted by Gasteiger charge is 2.15. The van der Waals surface area contributed by atoms with Gasteiger partial charge in [0.2, 0.25) is 5.91 Å². The molecule has 7 heteroatoms. The lowest BCUT2D eigenvalue weighted by molar-refractivity contribution is -0.111. The van der Waals surface area contributed by atoms with E-state index in [1.807, 2.05) is 49.7 Å². The third-order valence-corrected chi connectivity index (χ3v) is 4.58. The first kappa shape index (κ1) is 20.4. The zero-order valence-electron chi connectivity index (χ0n) is 16.3. The summed E-state index contributed by atoms with van der Waals surface area (Å²) in [6.45, 7) is 6.33. The van der Waals surface area contributed by atoms with Crippen molar-refractivity contribution in [3.8, 4) is 0 Å². The molecule has 29 heavy (non-hydrogen) atoms. The summed E-state index contributed by atoms with van der Waals surface area (Å²) >= 11 is 0. The molecule has 0 fully saturated rings. The summed E-state index contributed by atoms with van der Waals surface area (Å²) in [7, 11) is 0. The Kier molecular flexibility index (Phi) is 5.87. The van der Waals surface area contributed by atoms with Crippen LogP contribution in [0.2, 0.25) is 0 Å². The van der Waals surface area contributed by atoms with Gasteiger partial charge in [0.05, 0.1) is 17.9 Å². The second kappa shape index (κ2) is 8.34. The number of anilines is 1. The molecule has 0 aliphatic carbocycles. The topological polar surface area (TPSA) is 46.9 Å². The van der Waals surface area contributed by atoms with Crippen molar-refractivity contribution < 1.29 is 18.0 Å². The smallest absolute Gasteiger partial charge is 0.248 e. The second-order valence-electron chi connectivity index (χ2n) is 6.77.